The number of aryl methyl sites for hydroxylation is 1. The van der Waals surface area contributed by atoms with Crippen molar-refractivity contribution in [3.63, 3.8) is 0 Å². The Morgan fingerprint density at radius 3 is 2.00 bits per heavy atom. The standard InChI is InChI=1S/C18H23FN4O3/c1-13-4-5-15(14(19)12-13)20-18(26)23-10-8-22(9-11-23)17(25)16(24)21-6-2-3-7-21/h4-5,12H,2-3,6-11H2,1H3,(H,20,26). The van der Waals surface area contributed by atoms with Crippen LogP contribution in [-0.2, 0) is 9.59 Å². The largest absolute Gasteiger partial charge is 0.334 e. The van der Waals surface area contributed by atoms with Gasteiger partial charge in [0.2, 0.25) is 0 Å². The number of amides is 4. The van der Waals surface area contributed by atoms with Gasteiger partial charge in [-0.25, -0.2) is 9.18 Å². The second-order valence-electron chi connectivity index (χ2n) is 6.69. The number of halogens is 1. The average molecular weight is 362 g/mol. The van der Waals surface area contributed by atoms with Crippen molar-refractivity contribution in [3.05, 3.63) is 29.6 Å². The van der Waals surface area contributed by atoms with Crippen LogP contribution < -0.4 is 5.32 Å². The lowest BCUT2D eigenvalue weighted by Gasteiger charge is -2.34. The van der Waals surface area contributed by atoms with E-state index in [0.29, 0.717) is 39.3 Å². The smallest absolute Gasteiger partial charge is 0.322 e. The van der Waals surface area contributed by atoms with E-state index in [4.69, 9.17) is 0 Å². The van der Waals surface area contributed by atoms with Gasteiger partial charge in [-0.1, -0.05) is 6.07 Å². The van der Waals surface area contributed by atoms with Gasteiger partial charge in [-0.05, 0) is 37.5 Å². The van der Waals surface area contributed by atoms with Crippen LogP contribution in [0.15, 0.2) is 18.2 Å². The second-order valence-corrected chi connectivity index (χ2v) is 6.69. The summed E-state index contributed by atoms with van der Waals surface area (Å²) < 4.78 is 13.9. The van der Waals surface area contributed by atoms with Crippen LogP contribution in [0.2, 0.25) is 0 Å². The predicted molar refractivity (Wildman–Crippen MR) is 94.1 cm³/mol. The summed E-state index contributed by atoms with van der Waals surface area (Å²) in [4.78, 5) is 41.3. The first-order chi connectivity index (χ1) is 12.5. The highest BCUT2D eigenvalue weighted by Crippen LogP contribution is 2.16. The van der Waals surface area contributed by atoms with E-state index >= 15 is 0 Å². The zero-order valence-corrected chi connectivity index (χ0v) is 14.8. The number of anilines is 1. The normalized spacial score (nSPS) is 17.4. The number of likely N-dealkylation sites (tertiary alicyclic amines) is 1. The Balaban J connectivity index is 1.52. The molecule has 3 rings (SSSR count). The molecule has 0 aromatic heterocycles. The highest BCUT2D eigenvalue weighted by Gasteiger charge is 2.31. The molecule has 4 amide bonds. The number of rotatable bonds is 1. The number of urea groups is 1. The quantitative estimate of drug-likeness (QED) is 0.768. The first kappa shape index (κ1) is 18.2. The van der Waals surface area contributed by atoms with Crippen LogP contribution in [0.4, 0.5) is 14.9 Å². The minimum atomic E-state index is -0.503. The van der Waals surface area contributed by atoms with E-state index in [-0.39, 0.29) is 5.69 Å². The van der Waals surface area contributed by atoms with Crippen LogP contribution in [-0.4, -0.2) is 71.8 Å². The number of carbonyl (C=O) groups is 3. The third kappa shape index (κ3) is 3.95. The molecule has 0 unspecified atom stereocenters. The molecular formula is C18H23FN4O3. The fourth-order valence-corrected chi connectivity index (χ4v) is 3.22. The number of hydrogen-bond acceptors (Lipinski definition) is 3. The van der Waals surface area contributed by atoms with Crippen LogP contribution in [0.1, 0.15) is 18.4 Å². The van der Waals surface area contributed by atoms with Gasteiger partial charge in [0, 0.05) is 39.3 Å². The minimum Gasteiger partial charge on any atom is -0.334 e. The molecule has 2 fully saturated rings. The molecule has 0 aliphatic carbocycles. The lowest BCUT2D eigenvalue weighted by Crippen LogP contribution is -2.54. The van der Waals surface area contributed by atoms with Crippen molar-refractivity contribution in [3.8, 4) is 0 Å². The van der Waals surface area contributed by atoms with E-state index in [0.717, 1.165) is 18.4 Å². The molecule has 2 aliphatic heterocycles. The molecule has 140 valence electrons. The van der Waals surface area contributed by atoms with Crippen molar-refractivity contribution < 1.29 is 18.8 Å². The molecule has 1 aromatic carbocycles. The van der Waals surface area contributed by atoms with Gasteiger partial charge >= 0.3 is 17.8 Å². The molecule has 2 saturated heterocycles. The van der Waals surface area contributed by atoms with Crippen LogP contribution in [0.3, 0.4) is 0 Å². The summed E-state index contributed by atoms with van der Waals surface area (Å²) in [6, 6.07) is 4.19. The molecule has 0 saturated carbocycles. The fraction of sp³-hybridized carbons (Fsp3) is 0.500. The Hall–Kier alpha value is -2.64. The lowest BCUT2D eigenvalue weighted by molar-refractivity contribution is -0.152. The highest BCUT2D eigenvalue weighted by molar-refractivity contribution is 6.35. The molecular weight excluding hydrogens is 339 g/mol. The zero-order chi connectivity index (χ0) is 18.7. The van der Waals surface area contributed by atoms with Gasteiger partial charge < -0.3 is 20.0 Å². The summed E-state index contributed by atoms with van der Waals surface area (Å²) in [6.45, 7) is 4.24. The minimum absolute atomic E-state index is 0.128. The number of nitrogens with one attached hydrogen (secondary N) is 1. The molecule has 2 aliphatic rings. The van der Waals surface area contributed by atoms with E-state index in [2.05, 4.69) is 5.32 Å². The Morgan fingerprint density at radius 1 is 0.885 bits per heavy atom. The van der Waals surface area contributed by atoms with Crippen LogP contribution in [0.25, 0.3) is 0 Å². The lowest BCUT2D eigenvalue weighted by atomic mass is 10.2. The van der Waals surface area contributed by atoms with E-state index in [1.807, 2.05) is 0 Å². The molecule has 0 atom stereocenters. The van der Waals surface area contributed by atoms with E-state index < -0.39 is 23.7 Å². The topological polar surface area (TPSA) is 73.0 Å². The van der Waals surface area contributed by atoms with E-state index in [1.165, 1.54) is 21.9 Å². The zero-order valence-electron chi connectivity index (χ0n) is 14.8. The maximum absolute atomic E-state index is 13.9. The first-order valence-corrected chi connectivity index (χ1v) is 8.86. The van der Waals surface area contributed by atoms with Crippen molar-refractivity contribution >= 4 is 23.5 Å². The molecule has 26 heavy (non-hydrogen) atoms. The molecule has 2 heterocycles. The Morgan fingerprint density at radius 2 is 1.42 bits per heavy atom. The number of carbonyl (C=O) groups excluding carboxylic acids is 3. The molecule has 0 radical (unpaired) electrons. The average Bonchev–Trinajstić information content (AvgIpc) is 3.17. The maximum Gasteiger partial charge on any atom is 0.322 e. The highest BCUT2D eigenvalue weighted by atomic mass is 19.1. The second kappa shape index (κ2) is 7.72. The van der Waals surface area contributed by atoms with Gasteiger partial charge in [-0.2, -0.15) is 0 Å². The Bertz CT molecular complexity index is 710. The monoisotopic (exact) mass is 362 g/mol. The van der Waals surface area contributed by atoms with Gasteiger partial charge in [-0.3, -0.25) is 9.59 Å². The van der Waals surface area contributed by atoms with E-state index in [1.54, 1.807) is 17.9 Å². The van der Waals surface area contributed by atoms with Crippen molar-refractivity contribution in [1.29, 1.82) is 0 Å². The van der Waals surface area contributed by atoms with Crippen molar-refractivity contribution in [2.75, 3.05) is 44.6 Å². The van der Waals surface area contributed by atoms with Crippen molar-refractivity contribution in [2.24, 2.45) is 0 Å². The maximum atomic E-state index is 13.9. The molecule has 0 spiro atoms. The number of hydrogen-bond donors (Lipinski definition) is 1. The molecule has 8 heteroatoms. The van der Waals surface area contributed by atoms with Crippen molar-refractivity contribution in [2.45, 2.75) is 19.8 Å². The summed E-state index contributed by atoms with van der Waals surface area (Å²) in [5, 5.41) is 2.55. The van der Waals surface area contributed by atoms with Crippen LogP contribution in [0, 0.1) is 12.7 Å². The van der Waals surface area contributed by atoms with Gasteiger partial charge in [0.05, 0.1) is 5.69 Å². The molecule has 1 aromatic rings. The molecule has 0 bridgehead atoms. The number of benzene rings is 1. The van der Waals surface area contributed by atoms with Gasteiger partial charge in [-0.15, -0.1) is 0 Å². The van der Waals surface area contributed by atoms with Crippen LogP contribution in [0.5, 0.6) is 0 Å². The summed E-state index contributed by atoms with van der Waals surface area (Å²) in [5.74, 6) is -1.44. The third-order valence-electron chi connectivity index (χ3n) is 4.80. The summed E-state index contributed by atoms with van der Waals surface area (Å²) >= 11 is 0. The van der Waals surface area contributed by atoms with Crippen LogP contribution >= 0.6 is 0 Å². The van der Waals surface area contributed by atoms with E-state index in [9.17, 15) is 18.8 Å². The van der Waals surface area contributed by atoms with Gasteiger partial charge in [0.25, 0.3) is 0 Å². The molecule has 7 nitrogen and oxygen atoms in total. The summed E-state index contributed by atoms with van der Waals surface area (Å²) in [7, 11) is 0. The van der Waals surface area contributed by atoms with Gasteiger partial charge in [0.15, 0.2) is 0 Å². The SMILES string of the molecule is Cc1ccc(NC(=O)N2CCN(C(=O)C(=O)N3CCCC3)CC2)c(F)c1. The first-order valence-electron chi connectivity index (χ1n) is 8.86. The fourth-order valence-electron chi connectivity index (χ4n) is 3.22. The Kier molecular flexibility index (Phi) is 5.39. The molecule has 1 N–H and O–H groups in total. The number of piperazine rings is 1. The number of nitrogens with zero attached hydrogens (tertiary/aromatic N) is 3. The van der Waals surface area contributed by atoms with Gasteiger partial charge in [0.1, 0.15) is 5.82 Å². The third-order valence-corrected chi connectivity index (χ3v) is 4.80. The van der Waals surface area contributed by atoms with Crippen molar-refractivity contribution in [1.82, 2.24) is 14.7 Å². The summed E-state index contributed by atoms with van der Waals surface area (Å²) in [5.41, 5.74) is 0.901. The Labute approximate surface area is 151 Å². The predicted octanol–water partition coefficient (Wildman–Crippen LogP) is 1.43. The summed E-state index contributed by atoms with van der Waals surface area (Å²) in [6.07, 6.45) is 1.87.